The molecule has 0 aromatic rings. The van der Waals surface area contributed by atoms with Crippen molar-refractivity contribution < 1.29 is 29.3 Å². The molecule has 0 aromatic carbocycles. The van der Waals surface area contributed by atoms with Crippen LogP contribution in [0.5, 0.6) is 0 Å². The molecule has 0 saturated carbocycles. The standard InChI is InChI=1S/C14H22N2O6/c1-13(2,3)22-12(20)16-7-14(21,8-16)6-15-5-9(11(18)19)4-10(15)17/h9,21H,4-8H2,1-3H3,(H,18,19). The lowest BCUT2D eigenvalue weighted by Gasteiger charge is -2.47. The molecular weight excluding hydrogens is 292 g/mol. The number of hydrogen-bond donors (Lipinski definition) is 2. The second-order valence-electron chi connectivity index (χ2n) is 7.07. The molecule has 8 nitrogen and oxygen atoms in total. The van der Waals surface area contributed by atoms with Crippen molar-refractivity contribution in [2.45, 2.75) is 38.4 Å². The highest BCUT2D eigenvalue weighted by Gasteiger charge is 2.48. The SMILES string of the molecule is CC(C)(C)OC(=O)N1CC(O)(CN2CC(C(=O)O)CC2=O)C1. The second-order valence-corrected chi connectivity index (χ2v) is 7.07. The van der Waals surface area contributed by atoms with E-state index in [1.165, 1.54) is 9.80 Å². The number of hydrogen-bond acceptors (Lipinski definition) is 5. The van der Waals surface area contributed by atoms with Crippen molar-refractivity contribution in [1.82, 2.24) is 9.80 Å². The summed E-state index contributed by atoms with van der Waals surface area (Å²) in [4.78, 5) is 37.2. The predicted octanol–water partition coefficient (Wildman–Crippen LogP) is -0.0987. The Labute approximate surface area is 128 Å². The number of likely N-dealkylation sites (tertiary alicyclic amines) is 2. The van der Waals surface area contributed by atoms with Crippen LogP contribution in [0.25, 0.3) is 0 Å². The molecule has 0 bridgehead atoms. The summed E-state index contributed by atoms with van der Waals surface area (Å²) in [6.07, 6.45) is -0.547. The minimum Gasteiger partial charge on any atom is -0.481 e. The largest absolute Gasteiger partial charge is 0.481 e. The minimum atomic E-state index is -1.19. The molecular formula is C14H22N2O6. The molecule has 2 aliphatic heterocycles. The smallest absolute Gasteiger partial charge is 0.410 e. The second kappa shape index (κ2) is 5.42. The first-order valence-electron chi connectivity index (χ1n) is 7.20. The molecule has 2 saturated heterocycles. The van der Waals surface area contributed by atoms with E-state index in [1.807, 2.05) is 0 Å². The van der Waals surface area contributed by atoms with E-state index in [0.717, 1.165) is 0 Å². The zero-order valence-corrected chi connectivity index (χ0v) is 13.0. The molecule has 0 aromatic heterocycles. The van der Waals surface area contributed by atoms with Gasteiger partial charge in [0.25, 0.3) is 0 Å². The number of aliphatic hydroxyl groups is 1. The third-order valence-corrected chi connectivity index (χ3v) is 3.67. The fourth-order valence-electron chi connectivity index (χ4n) is 2.67. The molecule has 2 heterocycles. The van der Waals surface area contributed by atoms with Crippen molar-refractivity contribution in [2.75, 3.05) is 26.2 Å². The lowest BCUT2D eigenvalue weighted by molar-refractivity contribution is -0.141. The van der Waals surface area contributed by atoms with Gasteiger partial charge >= 0.3 is 12.1 Å². The Kier molecular flexibility index (Phi) is 4.08. The Morgan fingerprint density at radius 3 is 2.41 bits per heavy atom. The number of ether oxygens (including phenoxy) is 1. The fraction of sp³-hybridized carbons (Fsp3) is 0.786. The van der Waals surface area contributed by atoms with E-state index in [4.69, 9.17) is 9.84 Å². The summed E-state index contributed by atoms with van der Waals surface area (Å²) in [6, 6.07) is 0. The van der Waals surface area contributed by atoms with Crippen LogP contribution in [0.15, 0.2) is 0 Å². The average molecular weight is 314 g/mol. The van der Waals surface area contributed by atoms with Crippen molar-refractivity contribution >= 4 is 18.0 Å². The van der Waals surface area contributed by atoms with E-state index in [-0.39, 0.29) is 38.5 Å². The van der Waals surface area contributed by atoms with Crippen molar-refractivity contribution in [1.29, 1.82) is 0 Å². The summed E-state index contributed by atoms with van der Waals surface area (Å²) in [5.41, 5.74) is -1.80. The monoisotopic (exact) mass is 314 g/mol. The van der Waals surface area contributed by atoms with E-state index in [1.54, 1.807) is 20.8 Å². The molecule has 0 radical (unpaired) electrons. The van der Waals surface area contributed by atoms with Crippen molar-refractivity contribution in [3.05, 3.63) is 0 Å². The highest BCUT2D eigenvalue weighted by molar-refractivity contribution is 5.86. The molecule has 2 N–H and O–H groups in total. The third kappa shape index (κ3) is 3.68. The quantitative estimate of drug-likeness (QED) is 0.753. The Bertz CT molecular complexity index is 492. The van der Waals surface area contributed by atoms with Gasteiger partial charge in [-0.1, -0.05) is 0 Å². The van der Waals surface area contributed by atoms with Gasteiger partial charge in [-0.15, -0.1) is 0 Å². The van der Waals surface area contributed by atoms with Gasteiger partial charge in [0.05, 0.1) is 25.6 Å². The van der Waals surface area contributed by atoms with Gasteiger partial charge in [-0.2, -0.15) is 0 Å². The minimum absolute atomic E-state index is 0.0366. The molecule has 8 heteroatoms. The van der Waals surface area contributed by atoms with Crippen LogP contribution in [0, 0.1) is 5.92 Å². The van der Waals surface area contributed by atoms with E-state index < -0.39 is 29.2 Å². The van der Waals surface area contributed by atoms with Gasteiger partial charge in [0.1, 0.15) is 11.2 Å². The molecule has 0 aliphatic carbocycles. The summed E-state index contributed by atoms with van der Waals surface area (Å²) in [7, 11) is 0. The molecule has 124 valence electrons. The van der Waals surface area contributed by atoms with Gasteiger partial charge < -0.3 is 24.7 Å². The third-order valence-electron chi connectivity index (χ3n) is 3.67. The van der Waals surface area contributed by atoms with Crippen LogP contribution in [0.3, 0.4) is 0 Å². The number of amides is 2. The Hall–Kier alpha value is -1.83. The number of β-amino-alcohol motifs (C(OH)–C–C–N with tert-alkyl or cyclic N) is 1. The van der Waals surface area contributed by atoms with Crippen molar-refractivity contribution in [3.8, 4) is 0 Å². The highest BCUT2D eigenvalue weighted by atomic mass is 16.6. The number of carboxylic acids is 1. The van der Waals surface area contributed by atoms with Gasteiger partial charge in [0.15, 0.2) is 0 Å². The normalized spacial score (nSPS) is 24.2. The van der Waals surface area contributed by atoms with Crippen LogP contribution in [-0.2, 0) is 14.3 Å². The Morgan fingerprint density at radius 2 is 1.95 bits per heavy atom. The van der Waals surface area contributed by atoms with Gasteiger partial charge in [0, 0.05) is 13.0 Å². The lowest BCUT2D eigenvalue weighted by Crippen LogP contribution is -2.68. The number of aliphatic carboxylic acids is 1. The van der Waals surface area contributed by atoms with Crippen molar-refractivity contribution in [2.24, 2.45) is 5.92 Å². The molecule has 2 amide bonds. The van der Waals surface area contributed by atoms with Gasteiger partial charge in [-0.05, 0) is 20.8 Å². The Balaban J connectivity index is 1.85. The topological polar surface area (TPSA) is 107 Å². The molecule has 1 atom stereocenters. The maximum Gasteiger partial charge on any atom is 0.410 e. The van der Waals surface area contributed by atoms with Gasteiger partial charge in [-0.3, -0.25) is 9.59 Å². The van der Waals surface area contributed by atoms with E-state index in [0.29, 0.717) is 0 Å². The maximum atomic E-state index is 11.8. The van der Waals surface area contributed by atoms with Crippen LogP contribution in [-0.4, -0.2) is 75.4 Å². The molecule has 2 fully saturated rings. The number of nitrogens with zero attached hydrogens (tertiary/aromatic N) is 2. The molecule has 2 aliphatic rings. The zero-order valence-electron chi connectivity index (χ0n) is 13.0. The average Bonchev–Trinajstić information content (AvgIpc) is 2.65. The van der Waals surface area contributed by atoms with Gasteiger partial charge in [0.2, 0.25) is 5.91 Å². The van der Waals surface area contributed by atoms with Crippen LogP contribution in [0.2, 0.25) is 0 Å². The fourth-order valence-corrected chi connectivity index (χ4v) is 2.67. The number of carboxylic acid groups (broad SMARTS) is 1. The summed E-state index contributed by atoms with van der Waals surface area (Å²) < 4.78 is 5.19. The molecule has 22 heavy (non-hydrogen) atoms. The summed E-state index contributed by atoms with van der Waals surface area (Å²) >= 11 is 0. The lowest BCUT2D eigenvalue weighted by atomic mass is 9.94. The van der Waals surface area contributed by atoms with E-state index in [9.17, 15) is 19.5 Å². The summed E-state index contributed by atoms with van der Waals surface area (Å²) in [5, 5.41) is 19.3. The van der Waals surface area contributed by atoms with Crippen LogP contribution in [0.1, 0.15) is 27.2 Å². The van der Waals surface area contributed by atoms with E-state index in [2.05, 4.69) is 0 Å². The van der Waals surface area contributed by atoms with E-state index >= 15 is 0 Å². The number of carbonyl (C=O) groups excluding carboxylic acids is 2. The van der Waals surface area contributed by atoms with Crippen molar-refractivity contribution in [3.63, 3.8) is 0 Å². The van der Waals surface area contributed by atoms with Crippen LogP contribution >= 0.6 is 0 Å². The Morgan fingerprint density at radius 1 is 1.36 bits per heavy atom. The first kappa shape index (κ1) is 16.5. The molecule has 0 spiro atoms. The maximum absolute atomic E-state index is 11.8. The zero-order chi connectivity index (χ0) is 16.7. The number of carbonyl (C=O) groups is 3. The first-order valence-corrected chi connectivity index (χ1v) is 7.20. The predicted molar refractivity (Wildman–Crippen MR) is 75.1 cm³/mol. The van der Waals surface area contributed by atoms with Gasteiger partial charge in [-0.25, -0.2) is 4.79 Å². The van der Waals surface area contributed by atoms with Crippen LogP contribution < -0.4 is 0 Å². The molecule has 1 unspecified atom stereocenters. The highest BCUT2D eigenvalue weighted by Crippen LogP contribution is 2.27. The summed E-state index contributed by atoms with van der Waals surface area (Å²) in [5.74, 6) is -2.01. The van der Waals surface area contributed by atoms with Crippen LogP contribution in [0.4, 0.5) is 4.79 Å². The summed E-state index contributed by atoms with van der Waals surface area (Å²) in [6.45, 7) is 5.55. The number of rotatable bonds is 3. The first-order chi connectivity index (χ1) is 9.99. The molecule has 2 rings (SSSR count).